The molecule has 23 heavy (non-hydrogen) atoms. The summed E-state index contributed by atoms with van der Waals surface area (Å²) in [5.41, 5.74) is 3.83. The van der Waals surface area contributed by atoms with Crippen molar-refractivity contribution in [2.75, 3.05) is 20.6 Å². The molecule has 5 nitrogen and oxygen atoms in total. The van der Waals surface area contributed by atoms with Crippen molar-refractivity contribution in [3.63, 3.8) is 0 Å². The van der Waals surface area contributed by atoms with E-state index in [4.69, 9.17) is 4.98 Å². The molecule has 0 bridgehead atoms. The number of likely N-dealkylation sites (tertiary alicyclic amines) is 1. The van der Waals surface area contributed by atoms with Gasteiger partial charge in [-0.25, -0.2) is 9.97 Å². The van der Waals surface area contributed by atoms with E-state index in [0.29, 0.717) is 6.04 Å². The molecule has 124 valence electrons. The lowest BCUT2D eigenvalue weighted by molar-refractivity contribution is 0.236. The van der Waals surface area contributed by atoms with Gasteiger partial charge in [0, 0.05) is 43.8 Å². The molecule has 1 saturated heterocycles. The Bertz CT molecular complexity index is 661. The monoisotopic (exact) mass is 313 g/mol. The fourth-order valence-electron chi connectivity index (χ4n) is 3.46. The zero-order valence-electron chi connectivity index (χ0n) is 14.7. The molecule has 1 fully saturated rings. The Morgan fingerprint density at radius 1 is 1.35 bits per heavy atom. The van der Waals surface area contributed by atoms with Crippen molar-refractivity contribution >= 4 is 0 Å². The summed E-state index contributed by atoms with van der Waals surface area (Å²) in [6.45, 7) is 5.00. The van der Waals surface area contributed by atoms with Crippen LogP contribution < -0.4 is 0 Å². The largest absolute Gasteiger partial charge is 0.353 e. The van der Waals surface area contributed by atoms with Gasteiger partial charge in [-0.15, -0.1) is 0 Å². The molecule has 0 aromatic carbocycles. The lowest BCUT2D eigenvalue weighted by Crippen LogP contribution is -2.26. The fraction of sp³-hybridized carbons (Fsp3) is 0.556. The van der Waals surface area contributed by atoms with E-state index in [1.807, 2.05) is 13.1 Å². The van der Waals surface area contributed by atoms with Gasteiger partial charge >= 0.3 is 0 Å². The SMILES string of the molecule is Cc1ncc(CN(C)C)c([C@@H]2CCCN2Cc2cccn2C)n1. The Kier molecular flexibility index (Phi) is 4.78. The second-order valence-electron chi connectivity index (χ2n) is 6.80. The quantitative estimate of drug-likeness (QED) is 0.850. The summed E-state index contributed by atoms with van der Waals surface area (Å²) < 4.78 is 2.21. The molecule has 1 aliphatic rings. The lowest BCUT2D eigenvalue weighted by atomic mass is 10.1. The van der Waals surface area contributed by atoms with Crippen LogP contribution in [-0.2, 0) is 20.1 Å². The summed E-state index contributed by atoms with van der Waals surface area (Å²) in [6, 6.07) is 4.73. The van der Waals surface area contributed by atoms with Gasteiger partial charge in [-0.3, -0.25) is 4.90 Å². The Morgan fingerprint density at radius 3 is 2.87 bits per heavy atom. The maximum absolute atomic E-state index is 4.82. The smallest absolute Gasteiger partial charge is 0.125 e. The van der Waals surface area contributed by atoms with Crippen LogP contribution in [0.4, 0.5) is 0 Å². The highest BCUT2D eigenvalue weighted by Crippen LogP contribution is 2.34. The molecule has 0 unspecified atom stereocenters. The van der Waals surface area contributed by atoms with E-state index in [1.165, 1.54) is 29.8 Å². The molecule has 0 amide bonds. The Hall–Kier alpha value is -1.72. The van der Waals surface area contributed by atoms with Gasteiger partial charge in [0.2, 0.25) is 0 Å². The van der Waals surface area contributed by atoms with Gasteiger partial charge in [0.25, 0.3) is 0 Å². The van der Waals surface area contributed by atoms with Crippen LogP contribution in [0, 0.1) is 6.92 Å². The first-order valence-electron chi connectivity index (χ1n) is 8.36. The number of hydrogen-bond donors (Lipinski definition) is 0. The molecule has 2 aromatic heterocycles. The van der Waals surface area contributed by atoms with Gasteiger partial charge in [0.1, 0.15) is 5.82 Å². The van der Waals surface area contributed by atoms with Crippen molar-refractivity contribution in [3.8, 4) is 0 Å². The summed E-state index contributed by atoms with van der Waals surface area (Å²) >= 11 is 0. The molecular formula is C18H27N5. The molecule has 0 aliphatic carbocycles. The van der Waals surface area contributed by atoms with Crippen molar-refractivity contribution in [3.05, 3.63) is 47.3 Å². The third-order valence-electron chi connectivity index (χ3n) is 4.60. The highest BCUT2D eigenvalue weighted by molar-refractivity contribution is 5.22. The van der Waals surface area contributed by atoms with E-state index in [1.54, 1.807) is 0 Å². The molecule has 0 saturated carbocycles. The van der Waals surface area contributed by atoms with Gasteiger partial charge in [-0.2, -0.15) is 0 Å². The van der Waals surface area contributed by atoms with Gasteiger partial charge in [0.05, 0.1) is 11.7 Å². The van der Waals surface area contributed by atoms with Crippen molar-refractivity contribution in [1.29, 1.82) is 0 Å². The number of aromatic nitrogens is 3. The van der Waals surface area contributed by atoms with Crippen molar-refractivity contribution in [2.45, 2.75) is 38.9 Å². The number of nitrogens with zero attached hydrogens (tertiary/aromatic N) is 5. The number of hydrogen-bond acceptors (Lipinski definition) is 4. The van der Waals surface area contributed by atoms with Crippen molar-refractivity contribution in [2.24, 2.45) is 7.05 Å². The van der Waals surface area contributed by atoms with Crippen LogP contribution >= 0.6 is 0 Å². The highest BCUT2D eigenvalue weighted by Gasteiger charge is 2.29. The van der Waals surface area contributed by atoms with Crippen LogP contribution in [0.1, 0.15) is 41.7 Å². The molecule has 0 N–H and O–H groups in total. The zero-order chi connectivity index (χ0) is 16.4. The average Bonchev–Trinajstić information content (AvgIpc) is 3.11. The van der Waals surface area contributed by atoms with E-state index >= 15 is 0 Å². The summed E-state index contributed by atoms with van der Waals surface area (Å²) in [4.78, 5) is 14.0. The average molecular weight is 313 g/mol. The lowest BCUT2D eigenvalue weighted by Gasteiger charge is -2.26. The van der Waals surface area contributed by atoms with Crippen LogP contribution in [0.3, 0.4) is 0 Å². The van der Waals surface area contributed by atoms with Crippen LogP contribution in [0.15, 0.2) is 24.5 Å². The topological polar surface area (TPSA) is 37.2 Å². The maximum Gasteiger partial charge on any atom is 0.125 e. The van der Waals surface area contributed by atoms with Gasteiger partial charge in [-0.1, -0.05) is 0 Å². The van der Waals surface area contributed by atoms with Crippen LogP contribution in [0.25, 0.3) is 0 Å². The predicted molar refractivity (Wildman–Crippen MR) is 92.0 cm³/mol. The zero-order valence-corrected chi connectivity index (χ0v) is 14.7. The molecule has 1 aliphatic heterocycles. The van der Waals surface area contributed by atoms with Gasteiger partial charge in [0.15, 0.2) is 0 Å². The summed E-state index contributed by atoms with van der Waals surface area (Å²) in [5, 5.41) is 0. The normalized spacial score (nSPS) is 18.9. The van der Waals surface area contributed by atoms with Crippen LogP contribution in [0.5, 0.6) is 0 Å². The van der Waals surface area contributed by atoms with Gasteiger partial charge in [-0.05, 0) is 52.5 Å². The summed E-state index contributed by atoms with van der Waals surface area (Å²) in [7, 11) is 6.31. The second-order valence-corrected chi connectivity index (χ2v) is 6.80. The van der Waals surface area contributed by atoms with Crippen LogP contribution in [-0.4, -0.2) is 45.0 Å². The van der Waals surface area contributed by atoms with E-state index in [9.17, 15) is 0 Å². The van der Waals surface area contributed by atoms with Gasteiger partial charge < -0.3 is 9.47 Å². The van der Waals surface area contributed by atoms with Crippen LogP contribution in [0.2, 0.25) is 0 Å². The highest BCUT2D eigenvalue weighted by atomic mass is 15.2. The molecule has 2 aromatic rings. The number of rotatable bonds is 5. The molecular weight excluding hydrogens is 286 g/mol. The first kappa shape index (κ1) is 16.1. The fourth-order valence-corrected chi connectivity index (χ4v) is 3.46. The Labute approximate surface area is 139 Å². The minimum absolute atomic E-state index is 0.404. The van der Waals surface area contributed by atoms with E-state index in [-0.39, 0.29) is 0 Å². The van der Waals surface area contributed by atoms with E-state index in [2.05, 4.69) is 58.8 Å². The second kappa shape index (κ2) is 6.81. The standard InChI is InChI=1S/C18H27N5/c1-14-19-11-15(12-21(2)3)18(20-14)17-8-6-10-23(17)13-16-7-5-9-22(16)4/h5,7,9,11,17H,6,8,10,12-13H2,1-4H3/t17-/m0/s1. The minimum atomic E-state index is 0.404. The first-order chi connectivity index (χ1) is 11.0. The molecule has 3 rings (SSSR count). The summed E-state index contributed by atoms with van der Waals surface area (Å²) in [6.07, 6.45) is 6.55. The first-order valence-corrected chi connectivity index (χ1v) is 8.36. The van der Waals surface area contributed by atoms with E-state index in [0.717, 1.165) is 25.5 Å². The molecule has 1 atom stereocenters. The van der Waals surface area contributed by atoms with Crippen molar-refractivity contribution in [1.82, 2.24) is 24.3 Å². The minimum Gasteiger partial charge on any atom is -0.353 e. The Morgan fingerprint density at radius 2 is 2.17 bits per heavy atom. The van der Waals surface area contributed by atoms with E-state index < -0.39 is 0 Å². The molecule has 5 heteroatoms. The molecule has 0 spiro atoms. The van der Waals surface area contributed by atoms with Crippen molar-refractivity contribution < 1.29 is 0 Å². The third kappa shape index (κ3) is 3.62. The predicted octanol–water partition coefficient (Wildman–Crippen LogP) is 2.52. The number of aryl methyl sites for hydroxylation is 2. The third-order valence-corrected chi connectivity index (χ3v) is 4.60. The maximum atomic E-state index is 4.82. The molecule has 3 heterocycles. The molecule has 0 radical (unpaired) electrons. The Balaban J connectivity index is 1.87. The summed E-state index contributed by atoms with van der Waals surface area (Å²) in [5.74, 6) is 0.869.